The third-order valence-corrected chi connectivity index (χ3v) is 3.01. The number of carbonyl (C=O) groups excluding carboxylic acids is 1. The maximum Gasteiger partial charge on any atom is 0.239 e. The zero-order chi connectivity index (χ0) is 11.5. The highest BCUT2D eigenvalue weighted by Gasteiger charge is 2.34. The molecule has 1 saturated carbocycles. The molecular weight excluding hydrogens is 192 g/mol. The highest BCUT2D eigenvalue weighted by Crippen LogP contribution is 2.30. The topological polar surface area (TPSA) is 64.3 Å². The first-order valence-electron chi connectivity index (χ1n) is 5.35. The summed E-state index contributed by atoms with van der Waals surface area (Å²) in [5, 5.41) is 18.7. The molecule has 1 rings (SSSR count). The van der Waals surface area contributed by atoms with E-state index in [-0.39, 0.29) is 5.91 Å². The van der Waals surface area contributed by atoms with Crippen LogP contribution in [0.5, 0.6) is 0 Å². The summed E-state index contributed by atoms with van der Waals surface area (Å²) in [4.78, 5) is 13.1. The second kappa shape index (κ2) is 4.63. The molecule has 1 atom stereocenters. The fourth-order valence-electron chi connectivity index (χ4n) is 2.10. The van der Waals surface area contributed by atoms with Gasteiger partial charge in [0.2, 0.25) is 5.91 Å². The van der Waals surface area contributed by atoms with Crippen molar-refractivity contribution < 1.29 is 9.90 Å². The lowest BCUT2D eigenvalue weighted by Gasteiger charge is -2.29. The lowest BCUT2D eigenvalue weighted by Crippen LogP contribution is -2.43. The van der Waals surface area contributed by atoms with E-state index in [9.17, 15) is 9.90 Å². The van der Waals surface area contributed by atoms with Crippen LogP contribution in [0.3, 0.4) is 0 Å². The highest BCUT2D eigenvalue weighted by atomic mass is 16.3. The molecule has 4 heteroatoms. The average molecular weight is 210 g/mol. The van der Waals surface area contributed by atoms with Crippen LogP contribution in [0.1, 0.15) is 32.6 Å². The van der Waals surface area contributed by atoms with Crippen molar-refractivity contribution in [2.75, 3.05) is 13.6 Å². The van der Waals surface area contributed by atoms with Crippen LogP contribution in [0.4, 0.5) is 0 Å². The smallest absolute Gasteiger partial charge is 0.239 e. The van der Waals surface area contributed by atoms with E-state index in [1.165, 1.54) is 4.90 Å². The Balaban J connectivity index is 2.51. The molecule has 1 aliphatic rings. The zero-order valence-corrected chi connectivity index (χ0v) is 9.36. The Morgan fingerprint density at radius 1 is 1.60 bits per heavy atom. The molecule has 0 heterocycles. The van der Waals surface area contributed by atoms with Crippen molar-refractivity contribution in [3.8, 4) is 6.07 Å². The normalized spacial score (nSPS) is 20.7. The van der Waals surface area contributed by atoms with Crippen LogP contribution in [0.2, 0.25) is 0 Å². The van der Waals surface area contributed by atoms with Gasteiger partial charge in [0.1, 0.15) is 5.92 Å². The number of nitriles is 1. The number of hydrogen-bond donors (Lipinski definition) is 1. The number of amides is 1. The Bertz CT molecular complexity index is 277. The van der Waals surface area contributed by atoms with Gasteiger partial charge in [-0.05, 0) is 19.8 Å². The number of hydrogen-bond acceptors (Lipinski definition) is 3. The van der Waals surface area contributed by atoms with Crippen molar-refractivity contribution in [2.24, 2.45) is 5.92 Å². The van der Waals surface area contributed by atoms with Gasteiger partial charge in [-0.15, -0.1) is 0 Å². The molecule has 1 N–H and O–H groups in total. The molecule has 1 unspecified atom stereocenters. The third kappa shape index (κ3) is 2.93. The first-order valence-corrected chi connectivity index (χ1v) is 5.35. The van der Waals surface area contributed by atoms with Crippen LogP contribution in [-0.2, 0) is 4.79 Å². The van der Waals surface area contributed by atoms with E-state index in [0.717, 1.165) is 25.7 Å². The first kappa shape index (κ1) is 12.0. The van der Waals surface area contributed by atoms with E-state index in [1.807, 2.05) is 6.07 Å². The van der Waals surface area contributed by atoms with Gasteiger partial charge in [0.25, 0.3) is 0 Å². The quantitative estimate of drug-likeness (QED) is 0.753. The highest BCUT2D eigenvalue weighted by molar-refractivity contribution is 5.80. The van der Waals surface area contributed by atoms with Crippen LogP contribution in [0.15, 0.2) is 0 Å². The zero-order valence-electron chi connectivity index (χ0n) is 9.36. The van der Waals surface area contributed by atoms with Crippen LogP contribution in [0.25, 0.3) is 0 Å². The SMILES string of the molecule is CC(C#N)C(=O)N(C)CC1(O)CCCC1. The number of nitrogens with zero attached hydrogens (tertiary/aromatic N) is 2. The van der Waals surface area contributed by atoms with Crippen molar-refractivity contribution in [3.63, 3.8) is 0 Å². The van der Waals surface area contributed by atoms with E-state index < -0.39 is 11.5 Å². The van der Waals surface area contributed by atoms with Gasteiger partial charge >= 0.3 is 0 Å². The molecule has 1 aliphatic carbocycles. The van der Waals surface area contributed by atoms with Gasteiger partial charge in [-0.2, -0.15) is 5.26 Å². The number of carbonyl (C=O) groups is 1. The molecule has 0 saturated heterocycles. The van der Waals surface area contributed by atoms with Gasteiger partial charge in [-0.3, -0.25) is 4.79 Å². The minimum atomic E-state index is -0.723. The summed E-state index contributed by atoms with van der Waals surface area (Å²) in [6.07, 6.45) is 3.55. The van der Waals surface area contributed by atoms with Gasteiger partial charge in [0, 0.05) is 13.6 Å². The molecule has 84 valence electrons. The van der Waals surface area contributed by atoms with E-state index >= 15 is 0 Å². The number of aliphatic hydroxyl groups is 1. The summed E-state index contributed by atoms with van der Waals surface area (Å²) in [7, 11) is 1.65. The average Bonchev–Trinajstić information content (AvgIpc) is 2.62. The molecule has 0 aromatic rings. The minimum absolute atomic E-state index is 0.210. The largest absolute Gasteiger partial charge is 0.388 e. The molecule has 0 bridgehead atoms. The van der Waals surface area contributed by atoms with Crippen molar-refractivity contribution in [2.45, 2.75) is 38.2 Å². The van der Waals surface area contributed by atoms with Crippen molar-refractivity contribution in [3.05, 3.63) is 0 Å². The summed E-state index contributed by atoms with van der Waals surface area (Å²) >= 11 is 0. The van der Waals surface area contributed by atoms with Crippen LogP contribution >= 0.6 is 0 Å². The van der Waals surface area contributed by atoms with Crippen molar-refractivity contribution >= 4 is 5.91 Å². The van der Waals surface area contributed by atoms with Crippen molar-refractivity contribution in [1.82, 2.24) is 4.90 Å². The lowest BCUT2D eigenvalue weighted by molar-refractivity contribution is -0.135. The predicted molar refractivity (Wildman–Crippen MR) is 55.8 cm³/mol. The summed E-state index contributed by atoms with van der Waals surface area (Å²) in [5.41, 5.74) is -0.723. The Labute approximate surface area is 90.5 Å². The molecule has 0 aromatic carbocycles. The fourth-order valence-corrected chi connectivity index (χ4v) is 2.10. The lowest BCUT2D eigenvalue weighted by atomic mass is 10.0. The first-order chi connectivity index (χ1) is 6.98. The van der Waals surface area contributed by atoms with E-state index in [1.54, 1.807) is 14.0 Å². The molecule has 1 fully saturated rings. The standard InChI is InChI=1S/C11H18N2O2/c1-9(7-12)10(14)13(2)8-11(15)5-3-4-6-11/h9,15H,3-6,8H2,1-2H3. The fraction of sp³-hybridized carbons (Fsp3) is 0.818. The summed E-state index contributed by atoms with van der Waals surface area (Å²) in [5.74, 6) is -0.835. The predicted octanol–water partition coefficient (Wildman–Crippen LogP) is 0.910. The Morgan fingerprint density at radius 2 is 2.13 bits per heavy atom. The van der Waals surface area contributed by atoms with Crippen LogP contribution in [0, 0.1) is 17.2 Å². The molecule has 0 radical (unpaired) electrons. The monoisotopic (exact) mass is 210 g/mol. The molecule has 4 nitrogen and oxygen atoms in total. The molecular formula is C11H18N2O2. The number of likely N-dealkylation sites (N-methyl/N-ethyl adjacent to an activating group) is 1. The number of rotatable bonds is 3. The van der Waals surface area contributed by atoms with E-state index in [0.29, 0.717) is 6.54 Å². The summed E-state index contributed by atoms with van der Waals surface area (Å²) < 4.78 is 0. The molecule has 0 spiro atoms. The molecule has 0 aromatic heterocycles. The third-order valence-electron chi connectivity index (χ3n) is 3.01. The Hall–Kier alpha value is -1.08. The van der Waals surface area contributed by atoms with Gasteiger partial charge in [0.15, 0.2) is 0 Å². The second-order valence-corrected chi connectivity index (χ2v) is 4.48. The van der Waals surface area contributed by atoms with Gasteiger partial charge in [-0.25, -0.2) is 0 Å². The van der Waals surface area contributed by atoms with Gasteiger partial charge in [-0.1, -0.05) is 12.8 Å². The summed E-state index contributed by atoms with van der Waals surface area (Å²) in [6.45, 7) is 1.93. The van der Waals surface area contributed by atoms with Gasteiger partial charge in [0.05, 0.1) is 11.7 Å². The second-order valence-electron chi connectivity index (χ2n) is 4.48. The van der Waals surface area contributed by atoms with Gasteiger partial charge < -0.3 is 10.0 Å². The van der Waals surface area contributed by atoms with Crippen molar-refractivity contribution in [1.29, 1.82) is 5.26 Å². The maximum absolute atomic E-state index is 11.6. The Morgan fingerprint density at radius 3 is 2.60 bits per heavy atom. The molecule has 15 heavy (non-hydrogen) atoms. The van der Waals surface area contributed by atoms with E-state index in [4.69, 9.17) is 5.26 Å². The maximum atomic E-state index is 11.6. The van der Waals surface area contributed by atoms with E-state index in [2.05, 4.69) is 0 Å². The van der Waals surface area contributed by atoms with Crippen LogP contribution < -0.4 is 0 Å². The Kier molecular flexibility index (Phi) is 3.70. The molecule has 1 amide bonds. The summed E-state index contributed by atoms with van der Waals surface area (Å²) in [6, 6.07) is 1.91. The minimum Gasteiger partial charge on any atom is -0.388 e. The van der Waals surface area contributed by atoms with Crippen LogP contribution in [-0.4, -0.2) is 35.1 Å². The molecule has 0 aliphatic heterocycles.